The number of likely N-dealkylation sites (tertiary alicyclic amines) is 1. The van der Waals surface area contributed by atoms with E-state index in [1.165, 1.54) is 10.2 Å². The maximum atomic E-state index is 12.9. The Kier molecular flexibility index (Phi) is 5.97. The maximum Gasteiger partial charge on any atom is 0.291 e. The summed E-state index contributed by atoms with van der Waals surface area (Å²) >= 11 is 0. The van der Waals surface area contributed by atoms with Gasteiger partial charge in [-0.05, 0) is 43.0 Å². The molecule has 1 atom stereocenters. The van der Waals surface area contributed by atoms with Crippen LogP contribution in [0.25, 0.3) is 11.1 Å². The van der Waals surface area contributed by atoms with Gasteiger partial charge in [-0.3, -0.25) is 9.59 Å². The maximum absolute atomic E-state index is 12.9. The molecular formula is C23H24N4O4. The number of carbonyl (C=O) groups is 2. The number of rotatable bonds is 5. The van der Waals surface area contributed by atoms with Gasteiger partial charge in [0, 0.05) is 18.8 Å². The molecule has 1 fully saturated rings. The molecule has 0 spiro atoms. The molecule has 160 valence electrons. The van der Waals surface area contributed by atoms with E-state index in [0.29, 0.717) is 13.1 Å². The van der Waals surface area contributed by atoms with Gasteiger partial charge >= 0.3 is 0 Å². The molecule has 31 heavy (non-hydrogen) atoms. The summed E-state index contributed by atoms with van der Waals surface area (Å²) in [6.45, 7) is 2.88. The van der Waals surface area contributed by atoms with Gasteiger partial charge in [-0.15, -0.1) is 0 Å². The molecule has 1 saturated heterocycles. The molecule has 0 saturated carbocycles. The number of carbonyl (C=O) groups excluding carboxylic acids is 2. The number of nitrogens with zero attached hydrogens (tertiary/aromatic N) is 3. The van der Waals surface area contributed by atoms with Crippen molar-refractivity contribution in [2.24, 2.45) is 5.92 Å². The minimum atomic E-state index is -0.600. The fraction of sp³-hybridized carbons (Fsp3) is 0.304. The summed E-state index contributed by atoms with van der Waals surface area (Å²) in [5, 5.41) is 17.6. The molecule has 0 aliphatic carbocycles. The second-order valence-corrected chi connectivity index (χ2v) is 7.84. The zero-order chi connectivity index (χ0) is 21.8. The lowest BCUT2D eigenvalue weighted by Crippen LogP contribution is -2.50. The predicted octanol–water partition coefficient (Wildman–Crippen LogP) is 1.89. The number of hydrogen-bond acceptors (Lipinski definition) is 5. The Balaban J connectivity index is 1.39. The first-order chi connectivity index (χ1) is 15.0. The predicted molar refractivity (Wildman–Crippen MR) is 111 cm³/mol. The standard InChI is InChI=1S/C23H24N4O4/c1-16-5-2-6-17(11-16)18-7-3-9-20(12-18)24-23(30)19-8-4-10-26(13-19)21(28)14-27-15-22(29)31-25-27/h2-3,5-7,9,11-12,15,19H,4,8,10,13-14H2,1H3,(H-,24,25,29,30). The van der Waals surface area contributed by atoms with Gasteiger partial charge in [-0.2, -0.15) is 0 Å². The van der Waals surface area contributed by atoms with Crippen LogP contribution in [0.1, 0.15) is 18.4 Å². The zero-order valence-electron chi connectivity index (χ0n) is 17.3. The largest absolute Gasteiger partial charge is 0.539 e. The molecule has 3 aromatic rings. The molecule has 0 radical (unpaired) electrons. The van der Waals surface area contributed by atoms with Crippen LogP contribution >= 0.6 is 0 Å². The average Bonchev–Trinajstić information content (AvgIpc) is 3.18. The smallest absolute Gasteiger partial charge is 0.291 e. The van der Waals surface area contributed by atoms with E-state index in [1.807, 2.05) is 49.4 Å². The molecule has 1 aliphatic rings. The SMILES string of the molecule is Cc1cccc(-c2cccc(NC(=O)C3CCCN(C(=O)C[n+]4cc([O-])on4)C3)c2)c1. The van der Waals surface area contributed by atoms with Gasteiger partial charge in [-0.1, -0.05) is 46.6 Å². The fourth-order valence-corrected chi connectivity index (χ4v) is 3.84. The number of piperidine rings is 1. The van der Waals surface area contributed by atoms with E-state index < -0.39 is 5.95 Å². The molecule has 2 amide bonds. The number of nitrogens with one attached hydrogen (secondary N) is 1. The van der Waals surface area contributed by atoms with Crippen molar-refractivity contribution in [1.29, 1.82) is 0 Å². The first-order valence-electron chi connectivity index (χ1n) is 10.3. The monoisotopic (exact) mass is 420 g/mol. The van der Waals surface area contributed by atoms with E-state index in [4.69, 9.17) is 0 Å². The van der Waals surface area contributed by atoms with Crippen LogP contribution < -0.4 is 15.1 Å². The minimum Gasteiger partial charge on any atom is -0.539 e. The summed E-state index contributed by atoms with van der Waals surface area (Å²) in [7, 11) is 0. The Morgan fingerprint density at radius 3 is 2.74 bits per heavy atom. The van der Waals surface area contributed by atoms with Gasteiger partial charge in [0.25, 0.3) is 12.5 Å². The van der Waals surface area contributed by atoms with Crippen molar-refractivity contribution in [3.05, 3.63) is 60.3 Å². The molecule has 0 bridgehead atoms. The zero-order valence-corrected chi connectivity index (χ0v) is 17.3. The van der Waals surface area contributed by atoms with Crippen LogP contribution in [0.3, 0.4) is 0 Å². The van der Waals surface area contributed by atoms with Gasteiger partial charge in [0.15, 0.2) is 0 Å². The summed E-state index contributed by atoms with van der Waals surface area (Å²) < 4.78 is 5.62. The fourth-order valence-electron chi connectivity index (χ4n) is 3.84. The minimum absolute atomic E-state index is 0.0847. The Morgan fingerprint density at radius 2 is 2.00 bits per heavy atom. The van der Waals surface area contributed by atoms with E-state index in [9.17, 15) is 14.7 Å². The normalized spacial score (nSPS) is 16.2. The Labute approximate surface area is 180 Å². The summed E-state index contributed by atoms with van der Waals surface area (Å²) in [6.07, 6.45) is 2.59. The summed E-state index contributed by atoms with van der Waals surface area (Å²) in [6, 6.07) is 16.0. The van der Waals surface area contributed by atoms with E-state index in [1.54, 1.807) is 4.90 Å². The van der Waals surface area contributed by atoms with Crippen molar-refractivity contribution < 1.29 is 23.9 Å². The van der Waals surface area contributed by atoms with Gasteiger partial charge in [0.05, 0.1) is 11.2 Å². The highest BCUT2D eigenvalue weighted by Gasteiger charge is 2.30. The van der Waals surface area contributed by atoms with Crippen LogP contribution in [0.15, 0.2) is 59.3 Å². The third kappa shape index (κ3) is 5.09. The van der Waals surface area contributed by atoms with E-state index in [0.717, 1.165) is 35.9 Å². The molecule has 1 N–H and O–H groups in total. The third-order valence-corrected chi connectivity index (χ3v) is 5.41. The number of amides is 2. The molecule has 2 heterocycles. The lowest BCUT2D eigenvalue weighted by molar-refractivity contribution is -0.751. The lowest BCUT2D eigenvalue weighted by Gasteiger charge is -2.31. The topological polar surface area (TPSA) is 102 Å². The van der Waals surface area contributed by atoms with Crippen LogP contribution in [0.2, 0.25) is 0 Å². The Morgan fingerprint density at radius 1 is 1.23 bits per heavy atom. The quantitative estimate of drug-likeness (QED) is 0.635. The number of benzene rings is 2. The molecule has 8 nitrogen and oxygen atoms in total. The summed E-state index contributed by atoms with van der Waals surface area (Å²) in [5.41, 5.74) is 4.03. The van der Waals surface area contributed by atoms with E-state index in [-0.39, 0.29) is 24.3 Å². The van der Waals surface area contributed by atoms with E-state index in [2.05, 4.69) is 21.2 Å². The first kappa shape index (κ1) is 20.6. The van der Waals surface area contributed by atoms with Gasteiger partial charge in [0.2, 0.25) is 12.1 Å². The second-order valence-electron chi connectivity index (χ2n) is 7.84. The van der Waals surface area contributed by atoms with Crippen molar-refractivity contribution in [3.8, 4) is 17.1 Å². The highest BCUT2D eigenvalue weighted by atomic mass is 16.6. The average molecular weight is 420 g/mol. The van der Waals surface area contributed by atoms with Crippen LogP contribution in [0.4, 0.5) is 5.69 Å². The molecular weight excluding hydrogens is 396 g/mol. The molecule has 2 aromatic carbocycles. The number of anilines is 1. The molecule has 4 rings (SSSR count). The first-order valence-corrected chi connectivity index (χ1v) is 10.3. The number of aromatic nitrogens is 2. The van der Waals surface area contributed by atoms with Crippen molar-refractivity contribution in [2.75, 3.05) is 18.4 Å². The number of hydrogen-bond donors (Lipinski definition) is 1. The third-order valence-electron chi connectivity index (χ3n) is 5.41. The van der Waals surface area contributed by atoms with Crippen LogP contribution in [-0.4, -0.2) is 35.1 Å². The van der Waals surface area contributed by atoms with Crippen molar-refractivity contribution in [3.63, 3.8) is 0 Å². The summed E-state index contributed by atoms with van der Waals surface area (Å²) in [4.78, 5) is 27.0. The Bertz CT molecular complexity index is 1090. The van der Waals surface area contributed by atoms with Gasteiger partial charge in [0.1, 0.15) is 5.95 Å². The highest BCUT2D eigenvalue weighted by molar-refractivity contribution is 5.93. The van der Waals surface area contributed by atoms with Gasteiger partial charge < -0.3 is 19.8 Å². The summed E-state index contributed by atoms with van der Waals surface area (Å²) in [5.74, 6) is -1.19. The van der Waals surface area contributed by atoms with Crippen molar-refractivity contribution in [1.82, 2.24) is 10.2 Å². The van der Waals surface area contributed by atoms with Crippen LogP contribution in [0, 0.1) is 12.8 Å². The molecule has 1 aliphatic heterocycles. The lowest BCUT2D eigenvalue weighted by atomic mass is 9.96. The van der Waals surface area contributed by atoms with Gasteiger partial charge in [-0.25, -0.2) is 0 Å². The molecule has 8 heteroatoms. The van der Waals surface area contributed by atoms with Crippen LogP contribution in [-0.2, 0) is 16.1 Å². The molecule has 1 aromatic heterocycles. The number of aryl methyl sites for hydroxylation is 1. The highest BCUT2D eigenvalue weighted by Crippen LogP contribution is 2.25. The van der Waals surface area contributed by atoms with Crippen molar-refractivity contribution in [2.45, 2.75) is 26.3 Å². The Hall–Kier alpha value is -3.68. The van der Waals surface area contributed by atoms with Crippen molar-refractivity contribution >= 4 is 17.5 Å². The van der Waals surface area contributed by atoms with E-state index >= 15 is 0 Å². The second kappa shape index (κ2) is 8.99. The van der Waals surface area contributed by atoms with Crippen LogP contribution in [0.5, 0.6) is 5.95 Å². The molecule has 1 unspecified atom stereocenters.